The summed E-state index contributed by atoms with van der Waals surface area (Å²) in [5.74, 6) is -0.406. The Kier molecular flexibility index (Phi) is 4.00. The van der Waals surface area contributed by atoms with E-state index >= 15 is 0 Å². The summed E-state index contributed by atoms with van der Waals surface area (Å²) in [5, 5.41) is 2.86. The predicted octanol–water partition coefficient (Wildman–Crippen LogP) is 2.86. The highest BCUT2D eigenvalue weighted by Crippen LogP contribution is 2.18. The van der Waals surface area contributed by atoms with Crippen molar-refractivity contribution in [1.29, 1.82) is 0 Å². The van der Waals surface area contributed by atoms with E-state index in [1.807, 2.05) is 51.1 Å². The van der Waals surface area contributed by atoms with Gasteiger partial charge < -0.3 is 5.32 Å². The van der Waals surface area contributed by atoms with Crippen LogP contribution in [-0.2, 0) is 0 Å². The van der Waals surface area contributed by atoms with E-state index in [9.17, 15) is 9.59 Å². The van der Waals surface area contributed by atoms with Gasteiger partial charge in [-0.2, -0.15) is 0 Å². The maximum Gasteiger partial charge on any atom is 0.271 e. The molecule has 0 aliphatic heterocycles. The lowest BCUT2D eigenvalue weighted by molar-refractivity contribution is 0.0938. The lowest BCUT2D eigenvalue weighted by atomic mass is 10.1. The lowest BCUT2D eigenvalue weighted by Crippen LogP contribution is -2.33. The number of amides is 1. The zero-order valence-corrected chi connectivity index (χ0v) is 14.0. The first kappa shape index (κ1) is 15.4. The minimum absolute atomic E-state index is 0.0613. The van der Waals surface area contributed by atoms with Crippen molar-refractivity contribution in [2.75, 3.05) is 0 Å². The van der Waals surface area contributed by atoms with Crippen LogP contribution in [0.5, 0.6) is 0 Å². The van der Waals surface area contributed by atoms with E-state index in [-0.39, 0.29) is 17.2 Å². The summed E-state index contributed by atoms with van der Waals surface area (Å²) in [5.41, 5.74) is 1.55. The highest BCUT2D eigenvalue weighted by Gasteiger charge is 2.18. The van der Waals surface area contributed by atoms with Gasteiger partial charge in [0.25, 0.3) is 11.5 Å². The standard InChI is InChI=1S/C17H17N3O2S/c1-10(13-7-5-4-6-8-13)19-15(21)14-9-18-17-20(16(14)22)11(2)12(3)23-17/h4-10H,1-3H3,(H,19,21)/t10-/m0/s1. The van der Waals surface area contributed by atoms with Crippen LogP contribution in [0.1, 0.15) is 39.5 Å². The van der Waals surface area contributed by atoms with Crippen molar-refractivity contribution >= 4 is 22.2 Å². The molecule has 3 aromatic rings. The number of nitrogens with one attached hydrogen (secondary N) is 1. The first-order valence-electron chi connectivity index (χ1n) is 7.32. The molecule has 1 N–H and O–H groups in total. The molecule has 0 radical (unpaired) electrons. The van der Waals surface area contributed by atoms with Gasteiger partial charge in [-0.15, -0.1) is 11.3 Å². The number of benzene rings is 1. The predicted molar refractivity (Wildman–Crippen MR) is 91.1 cm³/mol. The van der Waals surface area contributed by atoms with Crippen LogP contribution in [-0.4, -0.2) is 15.3 Å². The molecule has 1 atom stereocenters. The van der Waals surface area contributed by atoms with Crippen molar-refractivity contribution in [3.8, 4) is 0 Å². The van der Waals surface area contributed by atoms with Crippen molar-refractivity contribution in [2.45, 2.75) is 26.8 Å². The molecule has 0 aliphatic rings. The van der Waals surface area contributed by atoms with Gasteiger partial charge in [-0.1, -0.05) is 30.3 Å². The molecular weight excluding hydrogens is 310 g/mol. The van der Waals surface area contributed by atoms with Gasteiger partial charge in [0, 0.05) is 16.8 Å². The summed E-state index contributed by atoms with van der Waals surface area (Å²) in [6.07, 6.45) is 1.36. The van der Waals surface area contributed by atoms with E-state index in [1.165, 1.54) is 21.9 Å². The van der Waals surface area contributed by atoms with Crippen LogP contribution in [0.2, 0.25) is 0 Å². The molecule has 0 saturated carbocycles. The zero-order chi connectivity index (χ0) is 16.6. The highest BCUT2D eigenvalue weighted by atomic mass is 32.1. The average Bonchev–Trinajstić information content (AvgIpc) is 2.84. The molecule has 0 aliphatic carbocycles. The fourth-order valence-electron chi connectivity index (χ4n) is 2.43. The van der Waals surface area contributed by atoms with Gasteiger partial charge in [0.1, 0.15) is 5.56 Å². The summed E-state index contributed by atoms with van der Waals surface area (Å²) in [6.45, 7) is 5.68. The molecule has 2 aromatic heterocycles. The van der Waals surface area contributed by atoms with Gasteiger partial charge in [-0.25, -0.2) is 4.98 Å². The molecule has 0 saturated heterocycles. The third-order valence-electron chi connectivity index (χ3n) is 3.91. The smallest absolute Gasteiger partial charge is 0.271 e. The first-order chi connectivity index (χ1) is 11.0. The Bertz CT molecular complexity index is 928. The molecule has 0 fully saturated rings. The molecule has 0 unspecified atom stereocenters. The number of fused-ring (bicyclic) bond motifs is 1. The van der Waals surface area contributed by atoms with Crippen molar-refractivity contribution < 1.29 is 4.79 Å². The van der Waals surface area contributed by atoms with Gasteiger partial charge >= 0.3 is 0 Å². The quantitative estimate of drug-likeness (QED) is 0.804. The fourth-order valence-corrected chi connectivity index (χ4v) is 3.36. The van der Waals surface area contributed by atoms with Crippen LogP contribution in [0.3, 0.4) is 0 Å². The van der Waals surface area contributed by atoms with E-state index in [2.05, 4.69) is 10.3 Å². The summed E-state index contributed by atoms with van der Waals surface area (Å²) < 4.78 is 1.50. The Balaban J connectivity index is 1.94. The van der Waals surface area contributed by atoms with E-state index in [4.69, 9.17) is 0 Å². The van der Waals surface area contributed by atoms with Crippen molar-refractivity contribution in [1.82, 2.24) is 14.7 Å². The minimum atomic E-state index is -0.406. The van der Waals surface area contributed by atoms with Crippen molar-refractivity contribution in [3.63, 3.8) is 0 Å². The highest BCUT2D eigenvalue weighted by molar-refractivity contribution is 7.17. The molecule has 0 spiro atoms. The number of nitrogens with zero attached hydrogens (tertiary/aromatic N) is 2. The van der Waals surface area contributed by atoms with Crippen LogP contribution in [0, 0.1) is 13.8 Å². The number of aromatic nitrogens is 2. The largest absolute Gasteiger partial charge is 0.345 e. The number of hydrogen-bond donors (Lipinski definition) is 1. The number of carbonyl (C=O) groups is 1. The number of thiazole rings is 1. The maximum atomic E-state index is 12.6. The Morgan fingerprint density at radius 2 is 1.96 bits per heavy atom. The Labute approximate surface area is 137 Å². The molecule has 118 valence electrons. The second kappa shape index (κ2) is 5.96. The van der Waals surface area contributed by atoms with Crippen LogP contribution in [0.25, 0.3) is 4.96 Å². The molecule has 3 rings (SSSR count). The van der Waals surface area contributed by atoms with Gasteiger partial charge in [-0.3, -0.25) is 14.0 Å². The Morgan fingerprint density at radius 1 is 1.26 bits per heavy atom. The topological polar surface area (TPSA) is 63.5 Å². The molecule has 1 amide bonds. The molecule has 5 nitrogen and oxygen atoms in total. The lowest BCUT2D eigenvalue weighted by Gasteiger charge is -2.14. The molecule has 6 heteroatoms. The van der Waals surface area contributed by atoms with Crippen molar-refractivity contribution in [2.24, 2.45) is 0 Å². The van der Waals surface area contributed by atoms with Crippen molar-refractivity contribution in [3.05, 3.63) is 68.6 Å². The fraction of sp³-hybridized carbons (Fsp3) is 0.235. The first-order valence-corrected chi connectivity index (χ1v) is 8.14. The van der Waals surface area contributed by atoms with Crippen LogP contribution in [0.4, 0.5) is 0 Å². The second-order valence-electron chi connectivity index (χ2n) is 5.44. The second-order valence-corrected chi connectivity index (χ2v) is 6.63. The third-order valence-corrected chi connectivity index (χ3v) is 4.98. The average molecular weight is 327 g/mol. The number of hydrogen-bond acceptors (Lipinski definition) is 4. The van der Waals surface area contributed by atoms with Gasteiger partial charge in [-0.05, 0) is 26.3 Å². The number of carbonyl (C=O) groups excluding carboxylic acids is 1. The normalized spacial score (nSPS) is 12.3. The Morgan fingerprint density at radius 3 is 2.65 bits per heavy atom. The zero-order valence-electron chi connectivity index (χ0n) is 13.2. The minimum Gasteiger partial charge on any atom is -0.345 e. The van der Waals surface area contributed by atoms with Crippen LogP contribution < -0.4 is 10.9 Å². The molecule has 0 bridgehead atoms. The monoisotopic (exact) mass is 327 g/mol. The van der Waals surface area contributed by atoms with Gasteiger partial charge in [0.05, 0.1) is 6.04 Å². The SMILES string of the molecule is Cc1sc2ncc(C(=O)N[C@@H](C)c3ccccc3)c(=O)n2c1C. The third kappa shape index (κ3) is 2.77. The number of aryl methyl sites for hydroxylation is 2. The molecule has 1 aromatic carbocycles. The van der Waals surface area contributed by atoms with Crippen LogP contribution >= 0.6 is 11.3 Å². The summed E-state index contributed by atoms with van der Waals surface area (Å²) in [6, 6.07) is 9.44. The molecule has 2 heterocycles. The summed E-state index contributed by atoms with van der Waals surface area (Å²) in [7, 11) is 0. The van der Waals surface area contributed by atoms with Gasteiger partial charge in [0.2, 0.25) is 0 Å². The van der Waals surface area contributed by atoms with E-state index in [0.29, 0.717) is 4.96 Å². The van der Waals surface area contributed by atoms with Gasteiger partial charge in [0.15, 0.2) is 4.96 Å². The van der Waals surface area contributed by atoms with E-state index in [1.54, 1.807) is 0 Å². The van der Waals surface area contributed by atoms with E-state index in [0.717, 1.165) is 16.1 Å². The number of rotatable bonds is 3. The van der Waals surface area contributed by atoms with Crippen LogP contribution in [0.15, 0.2) is 41.3 Å². The maximum absolute atomic E-state index is 12.6. The summed E-state index contributed by atoms with van der Waals surface area (Å²) >= 11 is 1.44. The summed E-state index contributed by atoms with van der Waals surface area (Å²) in [4.78, 5) is 30.9. The Hall–Kier alpha value is -2.47. The molecule has 23 heavy (non-hydrogen) atoms. The van der Waals surface area contributed by atoms with E-state index < -0.39 is 5.91 Å². The molecular formula is C17H17N3O2S.